The Morgan fingerprint density at radius 3 is 2.79 bits per heavy atom. The van der Waals surface area contributed by atoms with E-state index in [0.29, 0.717) is 43.2 Å². The molecule has 0 bridgehead atoms. The van der Waals surface area contributed by atoms with Crippen LogP contribution in [0.3, 0.4) is 0 Å². The average Bonchev–Trinajstić information content (AvgIpc) is 2.86. The summed E-state index contributed by atoms with van der Waals surface area (Å²) < 4.78 is 17.6. The second-order valence-electron chi connectivity index (χ2n) is 9.06. The highest BCUT2D eigenvalue weighted by molar-refractivity contribution is 5.82. The number of pyridine rings is 1. The Balaban J connectivity index is 1.57. The predicted molar refractivity (Wildman–Crippen MR) is 123 cm³/mol. The molecule has 2 aliphatic heterocycles. The Labute approximate surface area is 199 Å². The molecule has 1 unspecified atom stereocenters. The molecule has 3 N–H and O–H groups in total. The van der Waals surface area contributed by atoms with Crippen LogP contribution in [0.15, 0.2) is 18.5 Å². The molecule has 0 spiro atoms. The van der Waals surface area contributed by atoms with Gasteiger partial charge in [-0.3, -0.25) is 19.4 Å². The topological polar surface area (TPSA) is 121 Å². The summed E-state index contributed by atoms with van der Waals surface area (Å²) in [6.45, 7) is 2.20. The summed E-state index contributed by atoms with van der Waals surface area (Å²) >= 11 is 0. The molecule has 0 aliphatic carbocycles. The number of halogens is 1. The van der Waals surface area contributed by atoms with E-state index in [2.05, 4.69) is 15.6 Å². The molecule has 2 atom stereocenters. The fraction of sp³-hybridized carbons (Fsp3) is 0.667. The van der Waals surface area contributed by atoms with Crippen LogP contribution in [-0.2, 0) is 14.4 Å². The molecule has 34 heavy (non-hydrogen) atoms. The SMILES string of the molecule is O=C(O)C[C@H](NC(=O)C1CCCN(C(=O)CCC2CCNCC2)C1)c1cncc(OCCF)c1. The molecule has 9 nitrogen and oxygen atoms in total. The van der Waals surface area contributed by atoms with E-state index in [1.807, 2.05) is 0 Å². The standard InChI is InChI=1S/C24H35FN4O5/c25-7-11-34-20-12-19(14-27-15-20)21(13-23(31)32)28-24(33)18-2-1-10-29(16-18)22(30)4-3-17-5-8-26-9-6-17/h12,14-15,17-18,21,26H,1-11,13,16H2,(H,28,33)(H,31,32)/t18?,21-/m0/s1. The summed E-state index contributed by atoms with van der Waals surface area (Å²) in [6.07, 6.45) is 7.49. The third kappa shape index (κ3) is 7.93. The van der Waals surface area contributed by atoms with Gasteiger partial charge in [0.05, 0.1) is 24.6 Å². The Kier molecular flexibility index (Phi) is 10.1. The fourth-order valence-corrected chi connectivity index (χ4v) is 4.65. The molecule has 0 radical (unpaired) electrons. The van der Waals surface area contributed by atoms with Gasteiger partial charge in [0.25, 0.3) is 0 Å². The Morgan fingerprint density at radius 2 is 2.06 bits per heavy atom. The Hall–Kier alpha value is -2.75. The largest absolute Gasteiger partial charge is 0.489 e. The predicted octanol–water partition coefficient (Wildman–Crippen LogP) is 2.08. The van der Waals surface area contributed by atoms with Crippen molar-refractivity contribution in [3.8, 4) is 5.75 Å². The normalized spacial score (nSPS) is 19.9. The molecule has 0 aromatic carbocycles. The maximum Gasteiger partial charge on any atom is 0.305 e. The van der Waals surface area contributed by atoms with Crippen molar-refractivity contribution in [2.24, 2.45) is 11.8 Å². The van der Waals surface area contributed by atoms with Crippen LogP contribution in [0.5, 0.6) is 5.75 Å². The van der Waals surface area contributed by atoms with Gasteiger partial charge in [0, 0.05) is 25.7 Å². The van der Waals surface area contributed by atoms with Crippen molar-refractivity contribution in [1.82, 2.24) is 20.5 Å². The number of aliphatic carboxylic acids is 1. The lowest BCUT2D eigenvalue weighted by Crippen LogP contribution is -2.46. The van der Waals surface area contributed by atoms with Gasteiger partial charge in [-0.15, -0.1) is 0 Å². The number of nitrogens with zero attached hydrogens (tertiary/aromatic N) is 2. The van der Waals surface area contributed by atoms with E-state index in [1.165, 1.54) is 12.4 Å². The van der Waals surface area contributed by atoms with E-state index < -0.39 is 24.6 Å². The number of carboxylic acid groups (broad SMARTS) is 1. The molecular formula is C24H35FN4O5. The number of hydrogen-bond donors (Lipinski definition) is 3. The average molecular weight is 479 g/mol. The molecule has 188 valence electrons. The molecule has 1 aromatic rings. The first-order chi connectivity index (χ1) is 16.5. The third-order valence-corrected chi connectivity index (χ3v) is 6.55. The molecule has 2 aliphatic rings. The first-order valence-electron chi connectivity index (χ1n) is 12.1. The molecule has 10 heteroatoms. The van der Waals surface area contributed by atoms with Crippen LogP contribution in [0.4, 0.5) is 4.39 Å². The maximum absolute atomic E-state index is 13.0. The van der Waals surface area contributed by atoms with E-state index in [0.717, 1.165) is 38.8 Å². The number of carboxylic acids is 1. The summed E-state index contributed by atoms with van der Waals surface area (Å²) in [7, 11) is 0. The zero-order valence-corrected chi connectivity index (χ0v) is 19.5. The van der Waals surface area contributed by atoms with E-state index in [-0.39, 0.29) is 24.8 Å². The minimum Gasteiger partial charge on any atom is -0.489 e. The van der Waals surface area contributed by atoms with Gasteiger partial charge in [-0.2, -0.15) is 0 Å². The second kappa shape index (κ2) is 13.2. The van der Waals surface area contributed by atoms with E-state index >= 15 is 0 Å². The molecule has 2 amide bonds. The van der Waals surface area contributed by atoms with Crippen molar-refractivity contribution in [3.63, 3.8) is 0 Å². The zero-order chi connectivity index (χ0) is 24.3. The van der Waals surface area contributed by atoms with Gasteiger partial charge in [0.15, 0.2) is 0 Å². The minimum absolute atomic E-state index is 0.0834. The fourth-order valence-electron chi connectivity index (χ4n) is 4.65. The van der Waals surface area contributed by atoms with Gasteiger partial charge in [-0.05, 0) is 62.7 Å². The number of piperidine rings is 2. The van der Waals surface area contributed by atoms with Gasteiger partial charge in [0.1, 0.15) is 19.0 Å². The summed E-state index contributed by atoms with van der Waals surface area (Å²) in [4.78, 5) is 43.1. The first-order valence-corrected chi connectivity index (χ1v) is 12.1. The van der Waals surface area contributed by atoms with E-state index in [4.69, 9.17) is 4.74 Å². The number of hydrogen-bond acceptors (Lipinski definition) is 6. The summed E-state index contributed by atoms with van der Waals surface area (Å²) in [5, 5.41) is 15.5. The van der Waals surface area contributed by atoms with Gasteiger partial charge >= 0.3 is 5.97 Å². The van der Waals surface area contributed by atoms with Crippen LogP contribution in [0.2, 0.25) is 0 Å². The van der Waals surface area contributed by atoms with Crippen LogP contribution in [0, 0.1) is 11.8 Å². The minimum atomic E-state index is -1.07. The zero-order valence-electron chi connectivity index (χ0n) is 19.5. The summed E-state index contributed by atoms with van der Waals surface area (Å²) in [6, 6.07) is 0.756. The Bertz CT molecular complexity index is 833. The van der Waals surface area contributed by atoms with Crippen molar-refractivity contribution in [1.29, 1.82) is 0 Å². The maximum atomic E-state index is 13.0. The van der Waals surface area contributed by atoms with Crippen LogP contribution >= 0.6 is 0 Å². The van der Waals surface area contributed by atoms with Crippen LogP contribution in [-0.4, -0.2) is 72.2 Å². The quantitative estimate of drug-likeness (QED) is 0.445. The number of likely N-dealkylation sites (tertiary alicyclic amines) is 1. The number of carbonyl (C=O) groups excluding carboxylic acids is 2. The highest BCUT2D eigenvalue weighted by Crippen LogP contribution is 2.24. The highest BCUT2D eigenvalue weighted by atomic mass is 19.1. The molecule has 2 fully saturated rings. The lowest BCUT2D eigenvalue weighted by molar-refractivity contribution is -0.138. The van der Waals surface area contributed by atoms with Gasteiger partial charge in [-0.1, -0.05) is 0 Å². The monoisotopic (exact) mass is 478 g/mol. The van der Waals surface area contributed by atoms with Crippen molar-refractivity contribution in [3.05, 3.63) is 24.0 Å². The van der Waals surface area contributed by atoms with Crippen LogP contribution in [0.1, 0.15) is 56.6 Å². The van der Waals surface area contributed by atoms with Gasteiger partial charge < -0.3 is 25.4 Å². The number of carbonyl (C=O) groups is 3. The Morgan fingerprint density at radius 1 is 1.26 bits per heavy atom. The number of alkyl halides is 1. The lowest BCUT2D eigenvalue weighted by atomic mass is 9.92. The molecule has 3 rings (SSSR count). The molecular weight excluding hydrogens is 443 g/mol. The third-order valence-electron chi connectivity index (χ3n) is 6.55. The van der Waals surface area contributed by atoms with Crippen molar-refractivity contribution < 1.29 is 28.6 Å². The van der Waals surface area contributed by atoms with E-state index in [1.54, 1.807) is 11.0 Å². The first kappa shape index (κ1) is 25.9. The van der Waals surface area contributed by atoms with Crippen molar-refractivity contribution >= 4 is 17.8 Å². The van der Waals surface area contributed by atoms with Crippen LogP contribution < -0.4 is 15.4 Å². The second-order valence-corrected chi connectivity index (χ2v) is 9.06. The van der Waals surface area contributed by atoms with Crippen LogP contribution in [0.25, 0.3) is 0 Å². The van der Waals surface area contributed by atoms with Crippen molar-refractivity contribution in [2.75, 3.05) is 39.5 Å². The molecule has 0 saturated carbocycles. The lowest BCUT2D eigenvalue weighted by Gasteiger charge is -2.33. The highest BCUT2D eigenvalue weighted by Gasteiger charge is 2.30. The smallest absolute Gasteiger partial charge is 0.305 e. The van der Waals surface area contributed by atoms with Gasteiger partial charge in [0.2, 0.25) is 11.8 Å². The van der Waals surface area contributed by atoms with Gasteiger partial charge in [-0.25, -0.2) is 4.39 Å². The van der Waals surface area contributed by atoms with E-state index in [9.17, 15) is 23.9 Å². The number of amides is 2. The summed E-state index contributed by atoms with van der Waals surface area (Å²) in [5.74, 6) is -0.783. The summed E-state index contributed by atoms with van der Waals surface area (Å²) in [5.41, 5.74) is 0.470. The number of aromatic nitrogens is 1. The molecule has 1 aromatic heterocycles. The molecule has 3 heterocycles. The molecule has 2 saturated heterocycles. The number of rotatable bonds is 11. The number of ether oxygens (including phenoxy) is 1. The van der Waals surface area contributed by atoms with Crippen molar-refractivity contribution in [2.45, 2.75) is 51.0 Å². The number of nitrogens with one attached hydrogen (secondary N) is 2.